The van der Waals surface area contributed by atoms with Crippen molar-refractivity contribution in [2.75, 3.05) is 40.0 Å². The Morgan fingerprint density at radius 1 is 1.39 bits per heavy atom. The fraction of sp³-hybridized carbons (Fsp3) is 1.00. The van der Waals surface area contributed by atoms with Crippen molar-refractivity contribution in [3.8, 4) is 0 Å². The Kier molecular flexibility index (Phi) is 5.89. The summed E-state index contributed by atoms with van der Waals surface area (Å²) in [7, 11) is 1.75. The van der Waals surface area contributed by atoms with E-state index in [1.54, 1.807) is 7.11 Å². The van der Waals surface area contributed by atoms with E-state index in [9.17, 15) is 0 Å². The molecule has 0 bridgehead atoms. The summed E-state index contributed by atoms with van der Waals surface area (Å²) in [6.45, 7) is 7.11. The average Bonchev–Trinajstić information content (AvgIpc) is 2.43. The van der Waals surface area contributed by atoms with Gasteiger partial charge in [0.1, 0.15) is 0 Å². The molecule has 0 amide bonds. The number of rotatable bonds is 6. The summed E-state index contributed by atoms with van der Waals surface area (Å²) < 4.78 is 11.0. The van der Waals surface area contributed by atoms with Gasteiger partial charge < -0.3 is 14.8 Å². The molecule has 2 aliphatic rings. The summed E-state index contributed by atoms with van der Waals surface area (Å²) >= 11 is 0. The van der Waals surface area contributed by atoms with Crippen LogP contribution in [0.3, 0.4) is 0 Å². The van der Waals surface area contributed by atoms with Gasteiger partial charge in [-0.05, 0) is 19.8 Å². The molecule has 2 fully saturated rings. The second-order valence-electron chi connectivity index (χ2n) is 5.54. The van der Waals surface area contributed by atoms with E-state index in [4.69, 9.17) is 9.47 Å². The fourth-order valence-electron chi connectivity index (χ4n) is 3.28. The van der Waals surface area contributed by atoms with Crippen LogP contribution in [-0.4, -0.2) is 63.0 Å². The predicted molar refractivity (Wildman–Crippen MR) is 72.9 cm³/mol. The second-order valence-corrected chi connectivity index (χ2v) is 5.54. The Morgan fingerprint density at radius 2 is 2.22 bits per heavy atom. The Balaban J connectivity index is 1.78. The molecule has 1 aliphatic carbocycles. The lowest BCUT2D eigenvalue weighted by molar-refractivity contribution is -0.0998. The molecule has 18 heavy (non-hydrogen) atoms. The van der Waals surface area contributed by atoms with Gasteiger partial charge in [0, 0.05) is 38.8 Å². The molecule has 0 aromatic heterocycles. The molecule has 4 heteroatoms. The maximum atomic E-state index is 5.92. The molecule has 2 rings (SSSR count). The Hall–Kier alpha value is -0.160. The SMILES string of the molecule is COCCNCC(C)N1CCOC2CCCCC21. The van der Waals surface area contributed by atoms with E-state index in [1.165, 1.54) is 25.7 Å². The van der Waals surface area contributed by atoms with Crippen LogP contribution in [0.4, 0.5) is 0 Å². The Labute approximate surface area is 111 Å². The molecular weight excluding hydrogens is 228 g/mol. The van der Waals surface area contributed by atoms with E-state index < -0.39 is 0 Å². The van der Waals surface area contributed by atoms with Gasteiger partial charge in [-0.3, -0.25) is 4.90 Å². The molecule has 1 saturated heterocycles. The molecule has 1 aliphatic heterocycles. The first kappa shape index (κ1) is 14.3. The van der Waals surface area contributed by atoms with Gasteiger partial charge in [0.25, 0.3) is 0 Å². The van der Waals surface area contributed by atoms with Crippen molar-refractivity contribution in [1.29, 1.82) is 0 Å². The minimum atomic E-state index is 0.494. The van der Waals surface area contributed by atoms with Gasteiger partial charge in [0.05, 0.1) is 19.3 Å². The van der Waals surface area contributed by atoms with Crippen LogP contribution >= 0.6 is 0 Å². The normalized spacial score (nSPS) is 31.0. The van der Waals surface area contributed by atoms with Crippen molar-refractivity contribution in [3.05, 3.63) is 0 Å². The second kappa shape index (κ2) is 7.43. The van der Waals surface area contributed by atoms with Gasteiger partial charge in [0.2, 0.25) is 0 Å². The van der Waals surface area contributed by atoms with Crippen molar-refractivity contribution in [2.45, 2.75) is 50.8 Å². The summed E-state index contributed by atoms with van der Waals surface area (Å²) in [6, 6.07) is 1.25. The molecule has 106 valence electrons. The zero-order chi connectivity index (χ0) is 12.8. The highest BCUT2D eigenvalue weighted by atomic mass is 16.5. The topological polar surface area (TPSA) is 33.7 Å². The standard InChI is InChI=1S/C14H28N2O2/c1-12(11-15-7-9-17-2)16-8-10-18-14-6-4-3-5-13(14)16/h12-15H,3-11H2,1-2H3. The summed E-state index contributed by atoms with van der Waals surface area (Å²) in [5.41, 5.74) is 0. The largest absolute Gasteiger partial charge is 0.383 e. The van der Waals surface area contributed by atoms with Crippen LogP contribution in [0.1, 0.15) is 32.6 Å². The van der Waals surface area contributed by atoms with Crippen molar-refractivity contribution in [1.82, 2.24) is 10.2 Å². The quantitative estimate of drug-likeness (QED) is 0.725. The third-order valence-corrected chi connectivity index (χ3v) is 4.26. The Morgan fingerprint density at radius 3 is 3.06 bits per heavy atom. The maximum absolute atomic E-state index is 5.92. The molecular formula is C14H28N2O2. The van der Waals surface area contributed by atoms with Gasteiger partial charge in [-0.25, -0.2) is 0 Å². The molecule has 4 nitrogen and oxygen atoms in total. The van der Waals surface area contributed by atoms with Gasteiger partial charge in [-0.15, -0.1) is 0 Å². The summed E-state index contributed by atoms with van der Waals surface area (Å²) in [4.78, 5) is 2.66. The number of nitrogens with zero attached hydrogens (tertiary/aromatic N) is 1. The van der Waals surface area contributed by atoms with Crippen LogP contribution in [0.5, 0.6) is 0 Å². The van der Waals surface area contributed by atoms with E-state index in [2.05, 4.69) is 17.1 Å². The average molecular weight is 256 g/mol. The van der Waals surface area contributed by atoms with E-state index in [0.717, 1.165) is 32.8 Å². The highest BCUT2D eigenvalue weighted by Crippen LogP contribution is 2.29. The van der Waals surface area contributed by atoms with E-state index in [-0.39, 0.29) is 0 Å². The van der Waals surface area contributed by atoms with E-state index in [0.29, 0.717) is 18.2 Å². The molecule has 3 unspecified atom stereocenters. The molecule has 0 aromatic rings. The van der Waals surface area contributed by atoms with Crippen LogP contribution in [0, 0.1) is 0 Å². The number of hydrogen-bond donors (Lipinski definition) is 1. The third kappa shape index (κ3) is 3.67. The fourth-order valence-corrected chi connectivity index (χ4v) is 3.28. The van der Waals surface area contributed by atoms with Crippen molar-refractivity contribution in [2.24, 2.45) is 0 Å². The number of nitrogens with one attached hydrogen (secondary N) is 1. The number of fused-ring (bicyclic) bond motifs is 1. The van der Waals surface area contributed by atoms with Crippen LogP contribution < -0.4 is 5.32 Å². The molecule has 1 saturated carbocycles. The monoisotopic (exact) mass is 256 g/mol. The van der Waals surface area contributed by atoms with Crippen molar-refractivity contribution in [3.63, 3.8) is 0 Å². The molecule has 0 aromatic carbocycles. The zero-order valence-electron chi connectivity index (χ0n) is 11.9. The minimum Gasteiger partial charge on any atom is -0.383 e. The first-order valence-corrected chi connectivity index (χ1v) is 7.40. The highest BCUT2D eigenvalue weighted by Gasteiger charge is 2.35. The maximum Gasteiger partial charge on any atom is 0.0731 e. The van der Waals surface area contributed by atoms with Gasteiger partial charge in [0.15, 0.2) is 0 Å². The molecule has 1 N–H and O–H groups in total. The number of morpholine rings is 1. The summed E-state index contributed by atoms with van der Waals surface area (Å²) in [5, 5.41) is 3.47. The third-order valence-electron chi connectivity index (χ3n) is 4.26. The first-order chi connectivity index (χ1) is 8.83. The first-order valence-electron chi connectivity index (χ1n) is 7.40. The molecule has 0 spiro atoms. The minimum absolute atomic E-state index is 0.494. The number of hydrogen-bond acceptors (Lipinski definition) is 4. The van der Waals surface area contributed by atoms with Crippen LogP contribution in [0.2, 0.25) is 0 Å². The molecule has 1 heterocycles. The van der Waals surface area contributed by atoms with E-state index >= 15 is 0 Å². The van der Waals surface area contributed by atoms with Crippen LogP contribution in [0.25, 0.3) is 0 Å². The van der Waals surface area contributed by atoms with Crippen LogP contribution in [-0.2, 0) is 9.47 Å². The number of ether oxygens (including phenoxy) is 2. The lowest BCUT2D eigenvalue weighted by Crippen LogP contribution is -2.57. The molecule has 3 atom stereocenters. The van der Waals surface area contributed by atoms with Crippen LogP contribution in [0.15, 0.2) is 0 Å². The number of methoxy groups -OCH3 is 1. The predicted octanol–water partition coefficient (Wildman–Crippen LogP) is 1.25. The summed E-state index contributed by atoms with van der Waals surface area (Å²) in [5.74, 6) is 0. The van der Waals surface area contributed by atoms with Gasteiger partial charge in [-0.1, -0.05) is 12.8 Å². The Bertz CT molecular complexity index is 236. The van der Waals surface area contributed by atoms with E-state index in [1.807, 2.05) is 0 Å². The smallest absolute Gasteiger partial charge is 0.0731 e. The van der Waals surface area contributed by atoms with Gasteiger partial charge in [-0.2, -0.15) is 0 Å². The summed E-state index contributed by atoms with van der Waals surface area (Å²) in [6.07, 6.45) is 5.77. The lowest BCUT2D eigenvalue weighted by atomic mass is 9.89. The zero-order valence-corrected chi connectivity index (χ0v) is 11.9. The highest BCUT2D eigenvalue weighted by molar-refractivity contribution is 4.90. The molecule has 0 radical (unpaired) electrons. The van der Waals surface area contributed by atoms with Gasteiger partial charge >= 0.3 is 0 Å². The lowest BCUT2D eigenvalue weighted by Gasteiger charge is -2.46. The van der Waals surface area contributed by atoms with Crippen molar-refractivity contribution < 1.29 is 9.47 Å². The van der Waals surface area contributed by atoms with Crippen molar-refractivity contribution >= 4 is 0 Å².